The summed E-state index contributed by atoms with van der Waals surface area (Å²) in [5.74, 6) is -0.891. The van der Waals surface area contributed by atoms with Crippen molar-refractivity contribution in [1.82, 2.24) is 20.8 Å². The third kappa shape index (κ3) is 5.40. The van der Waals surface area contributed by atoms with Gasteiger partial charge >= 0.3 is 0 Å². The third-order valence-corrected chi connectivity index (χ3v) is 3.49. The Morgan fingerprint density at radius 1 is 0.714 bits per heavy atom. The first kappa shape index (κ1) is 18.6. The molecule has 0 bridgehead atoms. The van der Waals surface area contributed by atoms with Gasteiger partial charge in [0.25, 0.3) is 11.8 Å². The number of carbonyl (C=O) groups excluding carboxylic acids is 2. The highest BCUT2D eigenvalue weighted by atomic mass is 16.2. The fourth-order valence-corrected chi connectivity index (χ4v) is 2.15. The molecule has 0 spiro atoms. The van der Waals surface area contributed by atoms with Gasteiger partial charge in [-0.2, -0.15) is 10.2 Å². The van der Waals surface area contributed by atoms with E-state index < -0.39 is 11.8 Å². The van der Waals surface area contributed by atoms with Gasteiger partial charge in [0.15, 0.2) is 0 Å². The summed E-state index contributed by atoms with van der Waals surface area (Å²) in [6.45, 7) is 0. The van der Waals surface area contributed by atoms with Crippen LogP contribution in [0.5, 0.6) is 0 Å². The van der Waals surface area contributed by atoms with Gasteiger partial charge in [-0.15, -0.1) is 0 Å². The summed E-state index contributed by atoms with van der Waals surface area (Å²) in [6, 6.07) is 16.9. The molecular formula is C20H16N6O2. The number of carbonyl (C=O) groups is 2. The fourth-order valence-electron chi connectivity index (χ4n) is 2.15. The SMILES string of the molecule is O=C(N/N=C/c1ccccn1)c1cccc(C(=O)N/N=C/c2ccccn2)c1. The predicted octanol–water partition coefficient (Wildman–Crippen LogP) is 2.00. The van der Waals surface area contributed by atoms with E-state index in [1.807, 2.05) is 12.1 Å². The van der Waals surface area contributed by atoms with Crippen LogP contribution in [0.3, 0.4) is 0 Å². The molecule has 0 saturated carbocycles. The normalized spacial score (nSPS) is 10.9. The minimum Gasteiger partial charge on any atom is -0.267 e. The molecule has 0 aliphatic rings. The molecule has 138 valence electrons. The van der Waals surface area contributed by atoms with Crippen LogP contribution < -0.4 is 10.9 Å². The lowest BCUT2D eigenvalue weighted by atomic mass is 10.1. The largest absolute Gasteiger partial charge is 0.271 e. The molecule has 2 N–H and O–H groups in total. The van der Waals surface area contributed by atoms with E-state index in [0.29, 0.717) is 22.5 Å². The Labute approximate surface area is 161 Å². The Bertz CT molecular complexity index is 925. The van der Waals surface area contributed by atoms with Crippen LogP contribution in [-0.4, -0.2) is 34.2 Å². The van der Waals surface area contributed by atoms with Crippen molar-refractivity contribution in [3.63, 3.8) is 0 Å². The second-order valence-electron chi connectivity index (χ2n) is 5.49. The lowest BCUT2D eigenvalue weighted by Crippen LogP contribution is -2.21. The van der Waals surface area contributed by atoms with Crippen LogP contribution in [-0.2, 0) is 0 Å². The average molecular weight is 372 g/mol. The molecule has 8 nitrogen and oxygen atoms in total. The van der Waals surface area contributed by atoms with E-state index in [-0.39, 0.29) is 0 Å². The smallest absolute Gasteiger partial charge is 0.267 e. The Hall–Kier alpha value is -4.20. The predicted molar refractivity (Wildman–Crippen MR) is 105 cm³/mol. The van der Waals surface area contributed by atoms with Crippen LogP contribution in [0.15, 0.2) is 83.3 Å². The van der Waals surface area contributed by atoms with Crippen molar-refractivity contribution in [1.29, 1.82) is 0 Å². The Morgan fingerprint density at radius 2 is 1.21 bits per heavy atom. The van der Waals surface area contributed by atoms with Gasteiger partial charge in [0.1, 0.15) is 0 Å². The molecule has 2 amide bonds. The molecule has 0 atom stereocenters. The Morgan fingerprint density at radius 3 is 1.64 bits per heavy atom. The van der Waals surface area contributed by atoms with Crippen LogP contribution in [0.1, 0.15) is 32.1 Å². The molecule has 0 aliphatic heterocycles. The van der Waals surface area contributed by atoms with Gasteiger partial charge in [0, 0.05) is 23.5 Å². The van der Waals surface area contributed by atoms with Gasteiger partial charge in [-0.3, -0.25) is 19.6 Å². The highest BCUT2D eigenvalue weighted by molar-refractivity contribution is 6.00. The van der Waals surface area contributed by atoms with Crippen molar-refractivity contribution in [2.24, 2.45) is 10.2 Å². The molecule has 3 aromatic rings. The zero-order valence-corrected chi connectivity index (χ0v) is 14.7. The van der Waals surface area contributed by atoms with Crippen molar-refractivity contribution in [3.8, 4) is 0 Å². The van der Waals surface area contributed by atoms with E-state index in [2.05, 4.69) is 31.0 Å². The van der Waals surface area contributed by atoms with Crippen LogP contribution >= 0.6 is 0 Å². The summed E-state index contributed by atoms with van der Waals surface area (Å²) in [6.07, 6.45) is 6.12. The van der Waals surface area contributed by atoms with E-state index in [0.717, 1.165) is 0 Å². The van der Waals surface area contributed by atoms with Crippen molar-refractivity contribution in [2.75, 3.05) is 0 Å². The van der Waals surface area contributed by atoms with E-state index >= 15 is 0 Å². The van der Waals surface area contributed by atoms with Crippen LogP contribution in [0.25, 0.3) is 0 Å². The number of rotatable bonds is 6. The second-order valence-corrected chi connectivity index (χ2v) is 5.49. The zero-order valence-electron chi connectivity index (χ0n) is 14.7. The van der Waals surface area contributed by atoms with E-state index in [1.165, 1.54) is 18.5 Å². The molecule has 1 aromatic carbocycles. The number of hydrazone groups is 2. The lowest BCUT2D eigenvalue weighted by Gasteiger charge is -2.03. The molecule has 0 aliphatic carbocycles. The average Bonchev–Trinajstić information content (AvgIpc) is 2.75. The maximum atomic E-state index is 12.2. The van der Waals surface area contributed by atoms with Gasteiger partial charge in [0.2, 0.25) is 0 Å². The molecule has 0 unspecified atom stereocenters. The van der Waals surface area contributed by atoms with Crippen molar-refractivity contribution >= 4 is 24.2 Å². The summed E-state index contributed by atoms with van der Waals surface area (Å²) in [5.41, 5.74) is 6.61. The topological polar surface area (TPSA) is 109 Å². The minimum absolute atomic E-state index is 0.291. The van der Waals surface area contributed by atoms with Crippen LogP contribution in [0, 0.1) is 0 Å². The number of benzene rings is 1. The summed E-state index contributed by atoms with van der Waals surface area (Å²) < 4.78 is 0. The second kappa shape index (κ2) is 9.48. The van der Waals surface area contributed by atoms with Gasteiger partial charge in [-0.05, 0) is 42.5 Å². The Balaban J connectivity index is 1.59. The number of amides is 2. The molecule has 2 heterocycles. The number of hydrogen-bond acceptors (Lipinski definition) is 6. The monoisotopic (exact) mass is 372 g/mol. The van der Waals surface area contributed by atoms with E-state index in [1.54, 1.807) is 54.9 Å². The third-order valence-electron chi connectivity index (χ3n) is 3.49. The first-order valence-corrected chi connectivity index (χ1v) is 8.31. The molecule has 3 rings (SSSR count). The van der Waals surface area contributed by atoms with Crippen molar-refractivity contribution in [2.45, 2.75) is 0 Å². The van der Waals surface area contributed by atoms with Crippen LogP contribution in [0.2, 0.25) is 0 Å². The van der Waals surface area contributed by atoms with E-state index in [4.69, 9.17) is 0 Å². The van der Waals surface area contributed by atoms with Gasteiger partial charge in [0.05, 0.1) is 23.8 Å². The molecule has 0 radical (unpaired) electrons. The minimum atomic E-state index is -0.446. The van der Waals surface area contributed by atoms with Crippen molar-refractivity contribution in [3.05, 3.63) is 95.6 Å². The molecular weight excluding hydrogens is 356 g/mol. The number of nitrogens with zero attached hydrogens (tertiary/aromatic N) is 4. The molecule has 8 heteroatoms. The maximum absolute atomic E-state index is 12.2. The zero-order chi connectivity index (χ0) is 19.6. The highest BCUT2D eigenvalue weighted by Crippen LogP contribution is 2.05. The fraction of sp³-hybridized carbons (Fsp3) is 0. The summed E-state index contributed by atoms with van der Waals surface area (Å²) in [4.78, 5) is 32.5. The number of pyridine rings is 2. The number of nitrogens with one attached hydrogen (secondary N) is 2. The van der Waals surface area contributed by atoms with Gasteiger partial charge in [-0.25, -0.2) is 10.9 Å². The lowest BCUT2D eigenvalue weighted by molar-refractivity contribution is 0.0954. The van der Waals surface area contributed by atoms with Gasteiger partial charge < -0.3 is 0 Å². The standard InChI is InChI=1S/C20H16N6O2/c27-19(25-23-13-17-8-1-3-10-21-17)15-6-5-7-16(12-15)20(28)26-24-14-18-9-2-4-11-22-18/h1-14H,(H,25,27)(H,26,28)/b23-13+,24-14+. The number of aromatic nitrogens is 2. The molecule has 0 fully saturated rings. The van der Waals surface area contributed by atoms with E-state index in [9.17, 15) is 9.59 Å². The summed E-state index contributed by atoms with van der Waals surface area (Å²) in [7, 11) is 0. The molecule has 2 aromatic heterocycles. The Kier molecular flexibility index (Phi) is 6.30. The first-order chi connectivity index (χ1) is 13.7. The summed E-state index contributed by atoms with van der Waals surface area (Å²) >= 11 is 0. The van der Waals surface area contributed by atoms with Crippen LogP contribution in [0.4, 0.5) is 0 Å². The highest BCUT2D eigenvalue weighted by Gasteiger charge is 2.09. The molecule has 28 heavy (non-hydrogen) atoms. The first-order valence-electron chi connectivity index (χ1n) is 8.31. The number of hydrogen-bond donors (Lipinski definition) is 2. The maximum Gasteiger partial charge on any atom is 0.271 e. The summed E-state index contributed by atoms with van der Waals surface area (Å²) in [5, 5.41) is 7.72. The quantitative estimate of drug-likeness (QED) is 0.509. The molecule has 0 saturated heterocycles. The van der Waals surface area contributed by atoms with Gasteiger partial charge in [-0.1, -0.05) is 18.2 Å². The van der Waals surface area contributed by atoms with Crippen molar-refractivity contribution < 1.29 is 9.59 Å².